The number of nitrogens with one attached hydrogen (secondary N) is 1. The molecule has 2 heterocycles. The molecule has 1 N–H and O–H groups in total. The van der Waals surface area contributed by atoms with Crippen LogP contribution in [0.5, 0.6) is 5.75 Å². The fourth-order valence-electron chi connectivity index (χ4n) is 2.50. The van der Waals surface area contributed by atoms with Crippen molar-refractivity contribution in [3.63, 3.8) is 0 Å². The molecule has 2 aromatic rings. The van der Waals surface area contributed by atoms with Crippen LogP contribution in [0.2, 0.25) is 0 Å². The summed E-state index contributed by atoms with van der Waals surface area (Å²) in [4.78, 5) is 12.2. The summed E-state index contributed by atoms with van der Waals surface area (Å²) in [6.45, 7) is 1.79. The van der Waals surface area contributed by atoms with Crippen LogP contribution in [0.4, 0.5) is 14.6 Å². The molecule has 1 aliphatic heterocycles. The number of hydrogen-bond acceptors (Lipinski definition) is 3. The Kier molecular flexibility index (Phi) is 3.56. The molecule has 1 aromatic carbocycles. The van der Waals surface area contributed by atoms with Crippen LogP contribution in [0.3, 0.4) is 0 Å². The van der Waals surface area contributed by atoms with Crippen LogP contribution in [0.1, 0.15) is 21.5 Å². The highest BCUT2D eigenvalue weighted by Crippen LogP contribution is 2.34. The van der Waals surface area contributed by atoms with Crippen molar-refractivity contribution in [3.8, 4) is 5.75 Å². The van der Waals surface area contributed by atoms with Crippen LogP contribution in [-0.2, 0) is 13.5 Å². The number of amides is 1. The van der Waals surface area contributed by atoms with Gasteiger partial charge in [0.2, 0.25) is 0 Å². The number of aromatic nitrogens is 2. The molecule has 0 spiro atoms. The van der Waals surface area contributed by atoms with E-state index in [1.165, 1.54) is 6.07 Å². The number of benzene rings is 1. The Morgan fingerprint density at radius 1 is 1.50 bits per heavy atom. The SMILES string of the molecule is Cc1cc(C(=O)Nc2ccn(C)n2)cc2c1CC(C(F)F)O2. The quantitative estimate of drug-likeness (QED) is 0.948. The first kappa shape index (κ1) is 14.5. The van der Waals surface area contributed by atoms with Gasteiger partial charge in [0.05, 0.1) is 0 Å². The Bertz CT molecular complexity index is 728. The largest absolute Gasteiger partial charge is 0.484 e. The molecule has 1 aliphatic rings. The third-order valence-electron chi connectivity index (χ3n) is 3.61. The number of carbonyl (C=O) groups excluding carboxylic acids is 1. The minimum absolute atomic E-state index is 0.168. The van der Waals surface area contributed by atoms with E-state index in [1.54, 1.807) is 37.0 Å². The van der Waals surface area contributed by atoms with Gasteiger partial charge in [0, 0.05) is 36.9 Å². The minimum atomic E-state index is -2.54. The van der Waals surface area contributed by atoms with Crippen LogP contribution >= 0.6 is 0 Å². The molecule has 1 atom stereocenters. The van der Waals surface area contributed by atoms with Crippen LogP contribution < -0.4 is 10.1 Å². The van der Waals surface area contributed by atoms with Gasteiger partial charge in [0.15, 0.2) is 11.9 Å². The summed E-state index contributed by atoms with van der Waals surface area (Å²) in [5.74, 6) is 0.433. The molecule has 7 heteroatoms. The third kappa shape index (κ3) is 2.66. The molecule has 1 amide bonds. The van der Waals surface area contributed by atoms with E-state index < -0.39 is 12.5 Å². The molecular weight excluding hydrogens is 292 g/mol. The predicted octanol–water partition coefficient (Wildman–Crippen LogP) is 2.55. The number of fused-ring (bicyclic) bond motifs is 1. The van der Waals surface area contributed by atoms with Gasteiger partial charge < -0.3 is 10.1 Å². The molecule has 0 fully saturated rings. The molecular formula is C15H15F2N3O2. The Morgan fingerprint density at radius 3 is 2.91 bits per heavy atom. The number of alkyl halides is 2. The maximum atomic E-state index is 12.8. The summed E-state index contributed by atoms with van der Waals surface area (Å²) in [6.07, 6.45) is -1.80. The molecule has 116 valence electrons. The van der Waals surface area contributed by atoms with Gasteiger partial charge in [-0.1, -0.05) is 0 Å². The van der Waals surface area contributed by atoms with Crippen LogP contribution in [0.15, 0.2) is 24.4 Å². The van der Waals surface area contributed by atoms with Crippen molar-refractivity contribution >= 4 is 11.7 Å². The van der Waals surface area contributed by atoms with E-state index in [0.717, 1.165) is 11.1 Å². The van der Waals surface area contributed by atoms with Crippen molar-refractivity contribution in [2.24, 2.45) is 7.05 Å². The first-order valence-corrected chi connectivity index (χ1v) is 6.83. The highest BCUT2D eigenvalue weighted by molar-refractivity contribution is 6.04. The van der Waals surface area contributed by atoms with E-state index in [4.69, 9.17) is 4.74 Å². The Balaban J connectivity index is 1.83. The van der Waals surface area contributed by atoms with Gasteiger partial charge in [0.25, 0.3) is 12.3 Å². The van der Waals surface area contributed by atoms with Crippen molar-refractivity contribution in [1.29, 1.82) is 0 Å². The predicted molar refractivity (Wildman–Crippen MR) is 76.5 cm³/mol. The number of halogens is 2. The van der Waals surface area contributed by atoms with Gasteiger partial charge in [-0.3, -0.25) is 9.48 Å². The number of nitrogens with zero attached hydrogens (tertiary/aromatic N) is 2. The van der Waals surface area contributed by atoms with E-state index in [1.807, 2.05) is 0 Å². The van der Waals surface area contributed by atoms with Crippen molar-refractivity contribution in [3.05, 3.63) is 41.1 Å². The van der Waals surface area contributed by atoms with Gasteiger partial charge in [-0.2, -0.15) is 5.10 Å². The van der Waals surface area contributed by atoms with Gasteiger partial charge in [-0.25, -0.2) is 8.78 Å². The second-order valence-corrected chi connectivity index (χ2v) is 5.29. The first-order valence-electron chi connectivity index (χ1n) is 6.83. The molecule has 3 rings (SSSR count). The van der Waals surface area contributed by atoms with Crippen molar-refractivity contribution in [2.75, 3.05) is 5.32 Å². The number of hydrogen-bond donors (Lipinski definition) is 1. The fourth-order valence-corrected chi connectivity index (χ4v) is 2.50. The maximum absolute atomic E-state index is 12.8. The number of ether oxygens (including phenoxy) is 1. The lowest BCUT2D eigenvalue weighted by Gasteiger charge is -2.09. The normalized spacial score (nSPS) is 16.5. The average Bonchev–Trinajstić information content (AvgIpc) is 3.05. The van der Waals surface area contributed by atoms with Crippen molar-refractivity contribution in [1.82, 2.24) is 9.78 Å². The molecule has 1 unspecified atom stereocenters. The molecule has 5 nitrogen and oxygen atoms in total. The topological polar surface area (TPSA) is 56.2 Å². The zero-order chi connectivity index (χ0) is 15.9. The summed E-state index contributed by atoms with van der Waals surface area (Å²) in [5, 5.41) is 6.72. The maximum Gasteiger partial charge on any atom is 0.275 e. The van der Waals surface area contributed by atoms with Crippen LogP contribution in [-0.4, -0.2) is 28.2 Å². The van der Waals surface area contributed by atoms with E-state index in [-0.39, 0.29) is 12.3 Å². The summed E-state index contributed by atoms with van der Waals surface area (Å²) in [7, 11) is 1.74. The number of anilines is 1. The summed E-state index contributed by atoms with van der Waals surface area (Å²) < 4.78 is 32.4. The molecule has 0 aliphatic carbocycles. The monoisotopic (exact) mass is 307 g/mol. The summed E-state index contributed by atoms with van der Waals surface area (Å²) in [6, 6.07) is 4.85. The lowest BCUT2D eigenvalue weighted by atomic mass is 10.0. The molecule has 1 aromatic heterocycles. The van der Waals surface area contributed by atoms with E-state index in [2.05, 4.69) is 10.4 Å². The average molecular weight is 307 g/mol. The Labute approximate surface area is 125 Å². The Hall–Kier alpha value is -2.44. The smallest absolute Gasteiger partial charge is 0.275 e. The molecule has 0 radical (unpaired) electrons. The standard InChI is InChI=1S/C15H15F2N3O2/c1-8-5-9(15(21)18-13-3-4-20(2)19-13)6-11-10(8)7-12(22-11)14(16)17/h3-6,12,14H,7H2,1-2H3,(H,18,19,21). The molecule has 0 bridgehead atoms. The lowest BCUT2D eigenvalue weighted by molar-refractivity contribution is 0.0245. The van der Waals surface area contributed by atoms with Gasteiger partial charge in [-0.15, -0.1) is 0 Å². The van der Waals surface area contributed by atoms with E-state index in [9.17, 15) is 13.6 Å². The molecule has 0 saturated heterocycles. The zero-order valence-corrected chi connectivity index (χ0v) is 12.1. The van der Waals surface area contributed by atoms with E-state index in [0.29, 0.717) is 17.1 Å². The van der Waals surface area contributed by atoms with Crippen molar-refractivity contribution in [2.45, 2.75) is 25.9 Å². The van der Waals surface area contributed by atoms with Gasteiger partial charge >= 0.3 is 0 Å². The second-order valence-electron chi connectivity index (χ2n) is 5.29. The molecule has 0 saturated carbocycles. The second kappa shape index (κ2) is 5.40. The van der Waals surface area contributed by atoms with E-state index >= 15 is 0 Å². The zero-order valence-electron chi connectivity index (χ0n) is 12.1. The van der Waals surface area contributed by atoms with Crippen LogP contribution in [0.25, 0.3) is 0 Å². The minimum Gasteiger partial charge on any atom is -0.484 e. The number of carbonyl (C=O) groups is 1. The first-order chi connectivity index (χ1) is 10.4. The van der Waals surface area contributed by atoms with Gasteiger partial charge in [0.1, 0.15) is 5.75 Å². The lowest BCUT2D eigenvalue weighted by Crippen LogP contribution is -2.22. The highest BCUT2D eigenvalue weighted by Gasteiger charge is 2.32. The fraction of sp³-hybridized carbons (Fsp3) is 0.333. The third-order valence-corrected chi connectivity index (χ3v) is 3.61. The number of aryl methyl sites for hydroxylation is 2. The summed E-state index contributed by atoms with van der Waals surface area (Å²) in [5.41, 5.74) is 1.86. The van der Waals surface area contributed by atoms with Gasteiger partial charge in [-0.05, 0) is 24.6 Å². The highest BCUT2D eigenvalue weighted by atomic mass is 19.3. The molecule has 22 heavy (non-hydrogen) atoms. The van der Waals surface area contributed by atoms with Crippen molar-refractivity contribution < 1.29 is 18.3 Å². The number of rotatable bonds is 3. The summed E-state index contributed by atoms with van der Waals surface area (Å²) >= 11 is 0. The van der Waals surface area contributed by atoms with Crippen LogP contribution in [0, 0.1) is 6.92 Å². The Morgan fingerprint density at radius 2 is 2.27 bits per heavy atom.